The number of nitrogens with one attached hydrogen (secondary N) is 1. The molecule has 0 aliphatic carbocycles. The van der Waals surface area contributed by atoms with Gasteiger partial charge in [0.25, 0.3) is 0 Å². The summed E-state index contributed by atoms with van der Waals surface area (Å²) in [6.45, 7) is 2.15. The molecule has 1 aliphatic rings. The second kappa shape index (κ2) is 5.26. The van der Waals surface area contributed by atoms with E-state index in [4.69, 9.17) is 0 Å². The van der Waals surface area contributed by atoms with Gasteiger partial charge in [0.1, 0.15) is 6.33 Å². The summed E-state index contributed by atoms with van der Waals surface area (Å²) >= 11 is 0. The first-order chi connectivity index (χ1) is 10.8. The van der Waals surface area contributed by atoms with Crippen molar-refractivity contribution in [2.75, 3.05) is 5.32 Å². The number of benzene rings is 1. The summed E-state index contributed by atoms with van der Waals surface area (Å²) in [5.41, 5.74) is 3.75. The normalized spacial score (nSPS) is 20.2. The van der Waals surface area contributed by atoms with E-state index in [2.05, 4.69) is 57.6 Å². The SMILES string of the molecule is Cc1ccccc1C1CC(c2cccnc2)Nc2ncnn21. The van der Waals surface area contributed by atoms with Gasteiger partial charge in [-0.1, -0.05) is 30.3 Å². The molecule has 22 heavy (non-hydrogen) atoms. The Labute approximate surface area is 129 Å². The first-order valence-electron chi connectivity index (χ1n) is 7.44. The number of aromatic nitrogens is 4. The molecule has 2 aromatic heterocycles. The molecule has 3 heterocycles. The molecular weight excluding hydrogens is 274 g/mol. The largest absolute Gasteiger partial charge is 0.347 e. The molecule has 1 aliphatic heterocycles. The van der Waals surface area contributed by atoms with Gasteiger partial charge in [0.2, 0.25) is 5.95 Å². The van der Waals surface area contributed by atoms with E-state index in [1.807, 2.05) is 16.9 Å². The van der Waals surface area contributed by atoms with E-state index < -0.39 is 0 Å². The van der Waals surface area contributed by atoms with Gasteiger partial charge in [-0.2, -0.15) is 10.1 Å². The van der Waals surface area contributed by atoms with Crippen LogP contribution in [0.3, 0.4) is 0 Å². The number of nitrogens with zero attached hydrogens (tertiary/aromatic N) is 4. The fourth-order valence-corrected chi connectivity index (χ4v) is 3.14. The monoisotopic (exact) mass is 291 g/mol. The van der Waals surface area contributed by atoms with Crippen LogP contribution >= 0.6 is 0 Å². The van der Waals surface area contributed by atoms with E-state index in [-0.39, 0.29) is 12.1 Å². The van der Waals surface area contributed by atoms with Crippen molar-refractivity contribution in [3.05, 3.63) is 71.8 Å². The smallest absolute Gasteiger partial charge is 0.222 e. The summed E-state index contributed by atoms with van der Waals surface area (Å²) in [6, 6.07) is 12.9. The minimum Gasteiger partial charge on any atom is -0.347 e. The lowest BCUT2D eigenvalue weighted by Crippen LogP contribution is -2.28. The van der Waals surface area contributed by atoms with Crippen molar-refractivity contribution in [1.82, 2.24) is 19.7 Å². The van der Waals surface area contributed by atoms with Crippen LogP contribution in [0.5, 0.6) is 0 Å². The van der Waals surface area contributed by atoms with E-state index in [1.54, 1.807) is 12.5 Å². The second-order valence-corrected chi connectivity index (χ2v) is 5.62. The van der Waals surface area contributed by atoms with Gasteiger partial charge in [-0.05, 0) is 36.1 Å². The molecule has 3 aromatic rings. The maximum atomic E-state index is 4.41. The average molecular weight is 291 g/mol. The van der Waals surface area contributed by atoms with Gasteiger partial charge in [-0.25, -0.2) is 4.68 Å². The number of rotatable bonds is 2. The van der Waals surface area contributed by atoms with Crippen molar-refractivity contribution in [1.29, 1.82) is 0 Å². The molecule has 5 nitrogen and oxygen atoms in total. The fraction of sp³-hybridized carbons (Fsp3) is 0.235. The first kappa shape index (κ1) is 13.0. The van der Waals surface area contributed by atoms with Crippen molar-refractivity contribution in [3.63, 3.8) is 0 Å². The highest BCUT2D eigenvalue weighted by Crippen LogP contribution is 2.37. The van der Waals surface area contributed by atoms with E-state index >= 15 is 0 Å². The van der Waals surface area contributed by atoms with Crippen molar-refractivity contribution in [2.45, 2.75) is 25.4 Å². The van der Waals surface area contributed by atoms with Gasteiger partial charge in [-0.3, -0.25) is 4.98 Å². The third-order valence-electron chi connectivity index (χ3n) is 4.26. The Bertz CT molecular complexity index is 781. The van der Waals surface area contributed by atoms with Gasteiger partial charge in [-0.15, -0.1) is 0 Å². The van der Waals surface area contributed by atoms with Gasteiger partial charge in [0.15, 0.2) is 0 Å². The number of pyridine rings is 1. The highest BCUT2D eigenvalue weighted by molar-refractivity contribution is 5.39. The van der Waals surface area contributed by atoms with Crippen molar-refractivity contribution in [2.24, 2.45) is 0 Å². The molecular formula is C17H17N5. The number of hydrogen-bond donors (Lipinski definition) is 1. The van der Waals surface area contributed by atoms with E-state index in [0.29, 0.717) is 0 Å². The molecule has 0 spiro atoms. The van der Waals surface area contributed by atoms with E-state index in [9.17, 15) is 0 Å². The third-order valence-corrected chi connectivity index (χ3v) is 4.26. The molecule has 1 aromatic carbocycles. The molecule has 0 bridgehead atoms. The van der Waals surface area contributed by atoms with Gasteiger partial charge in [0.05, 0.1) is 12.1 Å². The lowest BCUT2D eigenvalue weighted by atomic mass is 9.92. The quantitative estimate of drug-likeness (QED) is 0.788. The zero-order valence-electron chi connectivity index (χ0n) is 12.3. The Morgan fingerprint density at radius 3 is 2.91 bits per heavy atom. The van der Waals surface area contributed by atoms with Gasteiger partial charge < -0.3 is 5.32 Å². The van der Waals surface area contributed by atoms with Crippen LogP contribution in [0.2, 0.25) is 0 Å². The molecule has 0 saturated carbocycles. The average Bonchev–Trinajstić information content (AvgIpc) is 3.04. The molecule has 2 unspecified atom stereocenters. The Morgan fingerprint density at radius 1 is 1.18 bits per heavy atom. The molecule has 1 N–H and O–H groups in total. The number of fused-ring (bicyclic) bond motifs is 1. The van der Waals surface area contributed by atoms with Crippen LogP contribution < -0.4 is 5.32 Å². The summed E-state index contributed by atoms with van der Waals surface area (Å²) in [5, 5.41) is 7.87. The molecule has 0 radical (unpaired) electrons. The highest BCUT2D eigenvalue weighted by atomic mass is 15.4. The molecule has 110 valence electrons. The number of hydrogen-bond acceptors (Lipinski definition) is 4. The van der Waals surface area contributed by atoms with Crippen LogP contribution in [0, 0.1) is 6.92 Å². The highest BCUT2D eigenvalue weighted by Gasteiger charge is 2.30. The third kappa shape index (κ3) is 2.15. The molecule has 5 heteroatoms. The summed E-state index contributed by atoms with van der Waals surface area (Å²) < 4.78 is 1.98. The van der Waals surface area contributed by atoms with Crippen LogP contribution in [0.1, 0.15) is 35.2 Å². The van der Waals surface area contributed by atoms with Gasteiger partial charge in [0, 0.05) is 12.4 Å². The van der Waals surface area contributed by atoms with Crippen LogP contribution in [0.15, 0.2) is 55.1 Å². The minimum absolute atomic E-state index is 0.185. The van der Waals surface area contributed by atoms with Crippen LogP contribution in [0.4, 0.5) is 5.95 Å². The molecule has 2 atom stereocenters. The van der Waals surface area contributed by atoms with Crippen LogP contribution in [-0.4, -0.2) is 19.7 Å². The first-order valence-corrected chi connectivity index (χ1v) is 7.44. The van der Waals surface area contributed by atoms with Crippen molar-refractivity contribution < 1.29 is 0 Å². The topological polar surface area (TPSA) is 55.6 Å². The Balaban J connectivity index is 1.77. The fourth-order valence-electron chi connectivity index (χ4n) is 3.14. The molecule has 0 amide bonds. The predicted octanol–water partition coefficient (Wildman–Crippen LogP) is 3.13. The Hall–Kier alpha value is -2.69. The maximum Gasteiger partial charge on any atom is 0.222 e. The van der Waals surface area contributed by atoms with Gasteiger partial charge >= 0.3 is 0 Å². The summed E-state index contributed by atoms with van der Waals surface area (Å²) in [5.74, 6) is 0.813. The van der Waals surface area contributed by atoms with Crippen molar-refractivity contribution in [3.8, 4) is 0 Å². The number of anilines is 1. The molecule has 0 saturated heterocycles. The van der Waals surface area contributed by atoms with Crippen LogP contribution in [-0.2, 0) is 0 Å². The summed E-state index contributed by atoms with van der Waals surface area (Å²) in [7, 11) is 0. The van der Waals surface area contributed by atoms with Crippen molar-refractivity contribution >= 4 is 5.95 Å². The van der Waals surface area contributed by atoms with Crippen LogP contribution in [0.25, 0.3) is 0 Å². The zero-order valence-corrected chi connectivity index (χ0v) is 12.3. The number of aryl methyl sites for hydroxylation is 1. The molecule has 4 rings (SSSR count). The minimum atomic E-state index is 0.185. The van der Waals surface area contributed by atoms with E-state index in [1.165, 1.54) is 16.7 Å². The summed E-state index contributed by atoms with van der Waals surface area (Å²) in [6.07, 6.45) is 6.25. The zero-order chi connectivity index (χ0) is 14.9. The maximum absolute atomic E-state index is 4.41. The predicted molar refractivity (Wildman–Crippen MR) is 84.6 cm³/mol. The molecule has 0 fully saturated rings. The van der Waals surface area contributed by atoms with E-state index in [0.717, 1.165) is 12.4 Å². The Morgan fingerprint density at radius 2 is 2.09 bits per heavy atom. The lowest BCUT2D eigenvalue weighted by Gasteiger charge is -2.32. The second-order valence-electron chi connectivity index (χ2n) is 5.62. The summed E-state index contributed by atoms with van der Waals surface area (Å²) in [4.78, 5) is 8.59. The lowest BCUT2D eigenvalue weighted by molar-refractivity contribution is 0.429. The standard InChI is InChI=1S/C17H17N5/c1-12-5-2-3-7-14(12)16-9-15(13-6-4-8-18-10-13)21-17-19-11-20-22(16)17/h2-8,10-11,15-16H,9H2,1H3,(H,19,20,21). The Kier molecular flexibility index (Phi) is 3.11.